The first-order valence-electron chi connectivity index (χ1n) is 5.06. The monoisotopic (exact) mass is 216 g/mol. The summed E-state index contributed by atoms with van der Waals surface area (Å²) in [7, 11) is 0. The molecule has 0 aliphatic heterocycles. The van der Waals surface area contributed by atoms with Crippen molar-refractivity contribution in [3.63, 3.8) is 0 Å². The maximum atomic E-state index is 11.2. The highest BCUT2D eigenvalue weighted by atomic mass is 16.4. The maximum Gasteiger partial charge on any atom is 0.330 e. The molecule has 0 fully saturated rings. The normalized spacial score (nSPS) is 13.3. The number of rotatable bonds is 6. The number of carbonyl (C=O) groups is 2. The van der Waals surface area contributed by atoms with E-state index >= 15 is 0 Å². The molecule has 0 aromatic carbocycles. The largest absolute Gasteiger partial charge is 0.480 e. The second kappa shape index (κ2) is 5.70. The smallest absolute Gasteiger partial charge is 0.330 e. The lowest BCUT2D eigenvalue weighted by atomic mass is 9.88. The quantitative estimate of drug-likeness (QED) is 0.558. The zero-order chi connectivity index (χ0) is 12.1. The summed E-state index contributed by atoms with van der Waals surface area (Å²) in [6, 6.07) is -1.47. The zero-order valence-electron chi connectivity index (χ0n) is 9.54. The SMILES string of the molecule is CCCC(C)(C)CNC(=O)C(N)C(=O)O. The molecule has 5 nitrogen and oxygen atoms in total. The molecular weight excluding hydrogens is 196 g/mol. The molecule has 0 saturated carbocycles. The predicted octanol–water partition coefficient (Wildman–Crippen LogP) is 0.341. The Balaban J connectivity index is 4.05. The van der Waals surface area contributed by atoms with Gasteiger partial charge in [-0.15, -0.1) is 0 Å². The number of amides is 1. The average molecular weight is 216 g/mol. The van der Waals surface area contributed by atoms with E-state index in [1.54, 1.807) is 0 Å². The third-order valence-corrected chi connectivity index (χ3v) is 2.22. The van der Waals surface area contributed by atoms with Gasteiger partial charge in [0.25, 0.3) is 0 Å². The molecule has 0 spiro atoms. The minimum Gasteiger partial charge on any atom is -0.480 e. The van der Waals surface area contributed by atoms with Gasteiger partial charge >= 0.3 is 5.97 Å². The van der Waals surface area contributed by atoms with Crippen molar-refractivity contribution in [1.82, 2.24) is 5.32 Å². The second-order valence-electron chi connectivity index (χ2n) is 4.45. The van der Waals surface area contributed by atoms with E-state index in [4.69, 9.17) is 10.8 Å². The first-order valence-corrected chi connectivity index (χ1v) is 5.06. The molecule has 1 unspecified atom stereocenters. The van der Waals surface area contributed by atoms with E-state index < -0.39 is 17.9 Å². The van der Waals surface area contributed by atoms with Crippen LogP contribution >= 0.6 is 0 Å². The third-order valence-electron chi connectivity index (χ3n) is 2.22. The number of hydrogen-bond donors (Lipinski definition) is 3. The minimum atomic E-state index is -1.47. The Kier molecular flexibility index (Phi) is 5.28. The fourth-order valence-electron chi connectivity index (χ4n) is 1.31. The number of nitrogens with two attached hydrogens (primary N) is 1. The fraction of sp³-hybridized carbons (Fsp3) is 0.800. The van der Waals surface area contributed by atoms with E-state index in [9.17, 15) is 9.59 Å². The van der Waals surface area contributed by atoms with Crippen LogP contribution in [-0.4, -0.2) is 29.6 Å². The van der Waals surface area contributed by atoms with Gasteiger partial charge in [0.15, 0.2) is 6.04 Å². The van der Waals surface area contributed by atoms with Gasteiger partial charge in [-0.2, -0.15) is 0 Å². The van der Waals surface area contributed by atoms with Crippen LogP contribution in [0.5, 0.6) is 0 Å². The molecule has 0 heterocycles. The molecule has 0 aromatic rings. The highest BCUT2D eigenvalue weighted by Crippen LogP contribution is 2.20. The van der Waals surface area contributed by atoms with Crippen molar-refractivity contribution >= 4 is 11.9 Å². The molecule has 0 radical (unpaired) electrons. The molecule has 4 N–H and O–H groups in total. The second-order valence-corrected chi connectivity index (χ2v) is 4.45. The van der Waals surface area contributed by atoms with Gasteiger partial charge in [-0.1, -0.05) is 27.2 Å². The first-order chi connectivity index (χ1) is 6.80. The van der Waals surface area contributed by atoms with Gasteiger partial charge in [-0.25, -0.2) is 4.79 Å². The van der Waals surface area contributed by atoms with Crippen molar-refractivity contribution < 1.29 is 14.7 Å². The van der Waals surface area contributed by atoms with Gasteiger partial charge in [0, 0.05) is 6.54 Å². The maximum absolute atomic E-state index is 11.2. The van der Waals surface area contributed by atoms with Crippen molar-refractivity contribution in [1.29, 1.82) is 0 Å². The van der Waals surface area contributed by atoms with Gasteiger partial charge in [-0.3, -0.25) is 4.79 Å². The van der Waals surface area contributed by atoms with Crippen molar-refractivity contribution in [2.45, 2.75) is 39.7 Å². The molecule has 5 heteroatoms. The topological polar surface area (TPSA) is 92.4 Å². The van der Waals surface area contributed by atoms with Gasteiger partial charge in [0.05, 0.1) is 0 Å². The third kappa shape index (κ3) is 5.37. The number of hydrogen-bond acceptors (Lipinski definition) is 3. The van der Waals surface area contributed by atoms with E-state index in [1.165, 1.54) is 0 Å². The molecule has 0 rings (SSSR count). The highest BCUT2D eigenvalue weighted by Gasteiger charge is 2.23. The van der Waals surface area contributed by atoms with Crippen molar-refractivity contribution in [3.05, 3.63) is 0 Å². The molecule has 1 amide bonds. The van der Waals surface area contributed by atoms with Crippen LogP contribution in [-0.2, 0) is 9.59 Å². The minimum absolute atomic E-state index is 0.0252. The van der Waals surface area contributed by atoms with E-state index in [2.05, 4.69) is 12.2 Å². The number of nitrogens with one attached hydrogen (secondary N) is 1. The van der Waals surface area contributed by atoms with Crippen molar-refractivity contribution in [2.75, 3.05) is 6.54 Å². The summed E-state index contributed by atoms with van der Waals surface area (Å²) in [5.74, 6) is -1.94. The standard InChI is InChI=1S/C10H20N2O3/c1-4-5-10(2,3)6-12-8(13)7(11)9(14)15/h7H,4-6,11H2,1-3H3,(H,12,13)(H,14,15). The predicted molar refractivity (Wildman–Crippen MR) is 57.3 cm³/mol. The molecule has 0 aliphatic rings. The lowest BCUT2D eigenvalue weighted by Gasteiger charge is -2.24. The summed E-state index contributed by atoms with van der Waals surface area (Å²) < 4.78 is 0. The van der Waals surface area contributed by atoms with Gasteiger partial charge < -0.3 is 16.2 Å². The first kappa shape index (κ1) is 13.9. The Morgan fingerprint density at radius 3 is 2.40 bits per heavy atom. The van der Waals surface area contributed by atoms with Crippen LogP contribution in [0.3, 0.4) is 0 Å². The van der Waals surface area contributed by atoms with Gasteiger partial charge in [-0.05, 0) is 11.8 Å². The molecule has 0 aromatic heterocycles. The van der Waals surface area contributed by atoms with Crippen LogP contribution < -0.4 is 11.1 Å². The van der Waals surface area contributed by atoms with Crippen LogP contribution in [0.2, 0.25) is 0 Å². The Labute approximate surface area is 90.0 Å². The summed E-state index contributed by atoms with van der Waals surface area (Å²) in [6.45, 7) is 6.54. The van der Waals surface area contributed by atoms with Crippen molar-refractivity contribution in [2.24, 2.45) is 11.1 Å². The molecule has 15 heavy (non-hydrogen) atoms. The molecule has 1 atom stereocenters. The van der Waals surface area contributed by atoms with Crippen LogP contribution in [0.25, 0.3) is 0 Å². The van der Waals surface area contributed by atoms with Crippen LogP contribution in [0, 0.1) is 5.41 Å². The van der Waals surface area contributed by atoms with E-state index in [0.29, 0.717) is 6.54 Å². The van der Waals surface area contributed by atoms with E-state index in [1.807, 2.05) is 13.8 Å². The van der Waals surface area contributed by atoms with Crippen LogP contribution in [0.15, 0.2) is 0 Å². The zero-order valence-corrected chi connectivity index (χ0v) is 9.54. The Morgan fingerprint density at radius 2 is 2.00 bits per heavy atom. The molecule has 0 bridgehead atoms. The number of aliphatic carboxylic acids is 1. The fourth-order valence-corrected chi connectivity index (χ4v) is 1.31. The van der Waals surface area contributed by atoms with E-state index in [-0.39, 0.29) is 5.41 Å². The lowest BCUT2D eigenvalue weighted by Crippen LogP contribution is -2.48. The van der Waals surface area contributed by atoms with Gasteiger partial charge in [0.2, 0.25) is 5.91 Å². The van der Waals surface area contributed by atoms with Crippen molar-refractivity contribution in [3.8, 4) is 0 Å². The highest BCUT2D eigenvalue weighted by molar-refractivity contribution is 6.00. The Hall–Kier alpha value is -1.10. The Morgan fingerprint density at radius 1 is 1.47 bits per heavy atom. The number of carboxylic acids is 1. The lowest BCUT2D eigenvalue weighted by molar-refractivity contribution is -0.142. The van der Waals surface area contributed by atoms with Gasteiger partial charge in [0.1, 0.15) is 0 Å². The molecule has 88 valence electrons. The molecular formula is C10H20N2O3. The number of carboxylic acid groups (broad SMARTS) is 1. The summed E-state index contributed by atoms with van der Waals surface area (Å²) >= 11 is 0. The summed E-state index contributed by atoms with van der Waals surface area (Å²) in [5.41, 5.74) is 5.13. The van der Waals surface area contributed by atoms with E-state index in [0.717, 1.165) is 12.8 Å². The molecule has 0 saturated heterocycles. The summed E-state index contributed by atoms with van der Waals surface area (Å²) in [6.07, 6.45) is 1.99. The number of carbonyl (C=O) groups excluding carboxylic acids is 1. The van der Waals surface area contributed by atoms with Crippen LogP contribution in [0.4, 0.5) is 0 Å². The summed E-state index contributed by atoms with van der Waals surface area (Å²) in [4.78, 5) is 21.6. The molecule has 0 aliphatic carbocycles. The van der Waals surface area contributed by atoms with Crippen LogP contribution in [0.1, 0.15) is 33.6 Å². The summed E-state index contributed by atoms with van der Waals surface area (Å²) in [5, 5.41) is 11.0. The average Bonchev–Trinajstić information content (AvgIpc) is 2.13. The Bertz CT molecular complexity index is 239.